The highest BCUT2D eigenvalue weighted by Gasteiger charge is 2.15. The van der Waals surface area contributed by atoms with E-state index >= 15 is 0 Å². The Morgan fingerprint density at radius 2 is 2.09 bits per heavy atom. The molecule has 0 unspecified atom stereocenters. The molecule has 0 saturated carbocycles. The van der Waals surface area contributed by atoms with Gasteiger partial charge >= 0.3 is 0 Å². The summed E-state index contributed by atoms with van der Waals surface area (Å²) in [6, 6.07) is 6.54. The maximum atomic E-state index is 4.23. The standard InChI is InChI=1S/C21H23N/c1-5-7-13-20(6-2)22-18(4)11-9-8-10-12-19-16-17(3)14-15-21(19)22/h5-11,13-16H,2,4,12H2,1,3H3/b7-5-,10-8-,11-9-,20-13+. The van der Waals surface area contributed by atoms with Crippen molar-refractivity contribution in [1.29, 1.82) is 0 Å². The summed E-state index contributed by atoms with van der Waals surface area (Å²) in [4.78, 5) is 2.16. The highest BCUT2D eigenvalue weighted by Crippen LogP contribution is 2.31. The van der Waals surface area contributed by atoms with Crippen molar-refractivity contribution in [2.24, 2.45) is 0 Å². The molecule has 1 nitrogen and oxygen atoms in total. The number of nitrogens with zero attached hydrogens (tertiary/aromatic N) is 1. The lowest BCUT2D eigenvalue weighted by Crippen LogP contribution is -2.20. The molecule has 1 heterocycles. The van der Waals surface area contributed by atoms with Gasteiger partial charge in [0, 0.05) is 17.1 Å². The third-order valence-corrected chi connectivity index (χ3v) is 3.56. The summed E-state index contributed by atoms with van der Waals surface area (Å²) in [5.41, 5.74) is 5.64. The molecule has 0 radical (unpaired) electrons. The van der Waals surface area contributed by atoms with Crippen LogP contribution in [0.15, 0.2) is 91.4 Å². The van der Waals surface area contributed by atoms with E-state index in [1.54, 1.807) is 0 Å². The predicted octanol–water partition coefficient (Wildman–Crippen LogP) is 5.63. The van der Waals surface area contributed by atoms with Crippen LogP contribution in [-0.2, 0) is 6.42 Å². The van der Waals surface area contributed by atoms with Gasteiger partial charge < -0.3 is 4.90 Å². The van der Waals surface area contributed by atoms with Crippen molar-refractivity contribution < 1.29 is 0 Å². The summed E-state index contributed by atoms with van der Waals surface area (Å²) in [6.07, 6.45) is 17.2. The number of hydrogen-bond acceptors (Lipinski definition) is 1. The molecule has 1 aromatic carbocycles. The average molecular weight is 289 g/mol. The molecule has 2 rings (SSSR count). The number of hydrogen-bond donors (Lipinski definition) is 0. The molecule has 0 aliphatic carbocycles. The first-order valence-corrected chi connectivity index (χ1v) is 7.54. The van der Waals surface area contributed by atoms with E-state index in [-0.39, 0.29) is 0 Å². The quantitative estimate of drug-likeness (QED) is 0.652. The molecule has 0 fully saturated rings. The fourth-order valence-electron chi connectivity index (χ4n) is 2.50. The lowest BCUT2D eigenvalue weighted by Gasteiger charge is -2.28. The lowest BCUT2D eigenvalue weighted by atomic mass is 10.0. The van der Waals surface area contributed by atoms with E-state index in [2.05, 4.69) is 61.4 Å². The molecule has 0 atom stereocenters. The van der Waals surface area contributed by atoms with Gasteiger partial charge in [-0.05, 0) is 50.1 Å². The van der Waals surface area contributed by atoms with E-state index in [4.69, 9.17) is 0 Å². The molecule has 1 aromatic rings. The normalized spacial score (nSPS) is 18.4. The zero-order valence-electron chi connectivity index (χ0n) is 13.4. The third kappa shape index (κ3) is 3.56. The van der Waals surface area contributed by atoms with E-state index in [1.807, 2.05) is 37.3 Å². The molecular weight excluding hydrogens is 266 g/mol. The zero-order valence-corrected chi connectivity index (χ0v) is 13.4. The smallest absolute Gasteiger partial charge is 0.0496 e. The number of rotatable bonds is 3. The summed E-state index contributed by atoms with van der Waals surface area (Å²) < 4.78 is 0. The summed E-state index contributed by atoms with van der Waals surface area (Å²) in [5, 5.41) is 0. The second kappa shape index (κ2) is 7.46. The number of benzene rings is 1. The molecule has 1 heteroatoms. The zero-order chi connectivity index (χ0) is 15.9. The Labute approximate surface area is 134 Å². The van der Waals surface area contributed by atoms with Gasteiger partial charge in [-0.25, -0.2) is 0 Å². The molecule has 1 aliphatic rings. The van der Waals surface area contributed by atoms with E-state index in [0.717, 1.165) is 23.5 Å². The van der Waals surface area contributed by atoms with E-state index < -0.39 is 0 Å². The summed E-state index contributed by atoms with van der Waals surface area (Å²) >= 11 is 0. The van der Waals surface area contributed by atoms with E-state index in [1.165, 1.54) is 11.1 Å². The summed E-state index contributed by atoms with van der Waals surface area (Å²) in [5.74, 6) is 0. The highest BCUT2D eigenvalue weighted by molar-refractivity contribution is 5.67. The molecule has 0 spiro atoms. The first-order chi connectivity index (χ1) is 10.7. The topological polar surface area (TPSA) is 3.24 Å². The minimum Gasteiger partial charge on any atom is -0.311 e. The lowest BCUT2D eigenvalue weighted by molar-refractivity contribution is 1.11. The molecule has 112 valence electrons. The van der Waals surface area contributed by atoms with E-state index in [9.17, 15) is 0 Å². The van der Waals surface area contributed by atoms with Gasteiger partial charge in [-0.15, -0.1) is 0 Å². The van der Waals surface area contributed by atoms with Crippen molar-refractivity contribution in [3.8, 4) is 0 Å². The van der Waals surface area contributed by atoms with Gasteiger partial charge in [-0.3, -0.25) is 0 Å². The Bertz CT molecular complexity index is 684. The molecule has 1 aliphatic heterocycles. The second-order valence-corrected chi connectivity index (χ2v) is 5.27. The Balaban J connectivity index is 2.63. The van der Waals surface area contributed by atoms with Gasteiger partial charge in [0.05, 0.1) is 0 Å². The van der Waals surface area contributed by atoms with Crippen molar-refractivity contribution in [3.05, 3.63) is 102 Å². The SMILES string of the molecule is C=C/C(=C\C=C/C)N1C(=C)/C=C\C=C/Cc2cc(C)ccc21. The number of fused-ring (bicyclic) bond motifs is 1. The molecular formula is C21H23N. The fraction of sp³-hybridized carbons (Fsp3) is 0.143. The monoisotopic (exact) mass is 289 g/mol. The van der Waals surface area contributed by atoms with Gasteiger partial charge in [0.15, 0.2) is 0 Å². The van der Waals surface area contributed by atoms with Gasteiger partial charge in [0.1, 0.15) is 0 Å². The molecule has 0 amide bonds. The maximum absolute atomic E-state index is 4.23. The number of allylic oxidation sites excluding steroid dienone is 8. The van der Waals surface area contributed by atoms with Crippen LogP contribution in [0.4, 0.5) is 5.69 Å². The van der Waals surface area contributed by atoms with Crippen LogP contribution in [0.3, 0.4) is 0 Å². The first kappa shape index (κ1) is 15.8. The van der Waals surface area contributed by atoms with Crippen molar-refractivity contribution in [1.82, 2.24) is 0 Å². The van der Waals surface area contributed by atoms with Crippen LogP contribution in [0.5, 0.6) is 0 Å². The van der Waals surface area contributed by atoms with Crippen molar-refractivity contribution >= 4 is 5.69 Å². The highest BCUT2D eigenvalue weighted by atomic mass is 15.2. The fourth-order valence-corrected chi connectivity index (χ4v) is 2.50. The Kier molecular flexibility index (Phi) is 5.37. The average Bonchev–Trinajstić information content (AvgIpc) is 2.58. The van der Waals surface area contributed by atoms with Crippen LogP contribution in [0.2, 0.25) is 0 Å². The van der Waals surface area contributed by atoms with Gasteiger partial charge in [0.25, 0.3) is 0 Å². The second-order valence-electron chi connectivity index (χ2n) is 5.27. The minimum absolute atomic E-state index is 0.902. The predicted molar refractivity (Wildman–Crippen MR) is 97.9 cm³/mol. The van der Waals surface area contributed by atoms with Gasteiger partial charge in [-0.1, -0.05) is 61.2 Å². The maximum Gasteiger partial charge on any atom is 0.0496 e. The van der Waals surface area contributed by atoms with Crippen molar-refractivity contribution in [3.63, 3.8) is 0 Å². The van der Waals surface area contributed by atoms with Gasteiger partial charge in [-0.2, -0.15) is 0 Å². The molecule has 0 saturated heterocycles. The summed E-state index contributed by atoms with van der Waals surface area (Å²) in [6.45, 7) is 12.3. The Hall–Kier alpha value is -2.54. The van der Waals surface area contributed by atoms with Gasteiger partial charge in [0.2, 0.25) is 0 Å². The molecule has 0 aromatic heterocycles. The van der Waals surface area contributed by atoms with Crippen LogP contribution >= 0.6 is 0 Å². The van der Waals surface area contributed by atoms with Crippen LogP contribution in [0, 0.1) is 6.92 Å². The first-order valence-electron chi connectivity index (χ1n) is 7.54. The Morgan fingerprint density at radius 3 is 2.82 bits per heavy atom. The molecule has 0 N–H and O–H groups in total. The van der Waals surface area contributed by atoms with Crippen molar-refractivity contribution in [2.45, 2.75) is 20.3 Å². The number of anilines is 1. The van der Waals surface area contributed by atoms with Crippen LogP contribution < -0.4 is 4.90 Å². The van der Waals surface area contributed by atoms with E-state index in [0.29, 0.717) is 0 Å². The Morgan fingerprint density at radius 1 is 1.27 bits per heavy atom. The van der Waals surface area contributed by atoms with Crippen LogP contribution in [0.25, 0.3) is 0 Å². The van der Waals surface area contributed by atoms with Crippen LogP contribution in [0.1, 0.15) is 18.1 Å². The largest absolute Gasteiger partial charge is 0.311 e. The van der Waals surface area contributed by atoms with Crippen LogP contribution in [-0.4, -0.2) is 0 Å². The molecule has 0 bridgehead atoms. The minimum atomic E-state index is 0.902. The molecule has 22 heavy (non-hydrogen) atoms. The third-order valence-electron chi connectivity index (χ3n) is 3.56. The van der Waals surface area contributed by atoms with Crippen molar-refractivity contribution in [2.75, 3.05) is 4.90 Å². The summed E-state index contributed by atoms with van der Waals surface area (Å²) in [7, 11) is 0. The number of aryl methyl sites for hydroxylation is 1.